The largest absolute Gasteiger partial charge is 0.370 e. The van der Waals surface area contributed by atoms with Gasteiger partial charge in [0.05, 0.1) is 11.8 Å². The summed E-state index contributed by atoms with van der Waals surface area (Å²) in [6.07, 6.45) is 6.73. The summed E-state index contributed by atoms with van der Waals surface area (Å²) in [5.41, 5.74) is 7.14. The Bertz CT molecular complexity index is 750. The van der Waals surface area contributed by atoms with Crippen molar-refractivity contribution in [1.82, 2.24) is 10.2 Å². The van der Waals surface area contributed by atoms with E-state index in [0.29, 0.717) is 25.5 Å². The molecule has 3 aliphatic rings. The standard InChI is InChI=1S/C21H26N4O2.HI/c22-21(24-11-9-14-5-2-1-3-6-14)23-10-4-12-25-19(26)17-15-7-8-16(13-15)18(17)20(25)27;/h1-3,5-8,15-18H,4,9-13H2,(H3,22,23,24);1H. The number of carbonyl (C=O) groups is 2. The number of nitrogens with two attached hydrogens (primary N) is 1. The number of nitrogens with one attached hydrogen (secondary N) is 1. The average molecular weight is 494 g/mol. The van der Waals surface area contributed by atoms with E-state index in [1.807, 2.05) is 18.2 Å². The van der Waals surface area contributed by atoms with Crippen LogP contribution in [0.25, 0.3) is 0 Å². The normalized spacial score (nSPS) is 27.9. The lowest BCUT2D eigenvalue weighted by Gasteiger charge is -2.16. The Labute approximate surface area is 182 Å². The number of allylic oxidation sites excluding steroid dienone is 2. The first-order valence-corrected chi connectivity index (χ1v) is 9.76. The van der Waals surface area contributed by atoms with Crippen LogP contribution in [-0.2, 0) is 16.0 Å². The van der Waals surface area contributed by atoms with E-state index in [1.54, 1.807) is 0 Å². The highest BCUT2D eigenvalue weighted by molar-refractivity contribution is 14.0. The number of benzene rings is 1. The van der Waals surface area contributed by atoms with Crippen LogP contribution >= 0.6 is 24.0 Å². The number of guanidine groups is 1. The zero-order valence-corrected chi connectivity index (χ0v) is 18.1. The van der Waals surface area contributed by atoms with Crippen molar-refractivity contribution in [3.8, 4) is 0 Å². The molecule has 0 aromatic heterocycles. The molecule has 1 heterocycles. The van der Waals surface area contributed by atoms with Gasteiger partial charge in [0.1, 0.15) is 0 Å². The average Bonchev–Trinajstić information content (AvgIpc) is 3.35. The van der Waals surface area contributed by atoms with Gasteiger partial charge in [-0.3, -0.25) is 19.5 Å². The fourth-order valence-corrected chi connectivity index (χ4v) is 4.65. The molecule has 6 nitrogen and oxygen atoms in total. The molecule has 2 amide bonds. The lowest BCUT2D eigenvalue weighted by molar-refractivity contribution is -0.140. The molecule has 2 aliphatic carbocycles. The summed E-state index contributed by atoms with van der Waals surface area (Å²) in [6.45, 7) is 1.66. The number of carbonyl (C=O) groups excluding carboxylic acids is 2. The van der Waals surface area contributed by atoms with Gasteiger partial charge < -0.3 is 11.1 Å². The SMILES string of the molecule is I.NC(=NCCCN1C(=O)C2C3C=CC(C3)C2C1=O)NCCc1ccccc1. The number of hydrogen-bond donors (Lipinski definition) is 2. The Morgan fingerprint density at radius 3 is 2.39 bits per heavy atom. The van der Waals surface area contributed by atoms with Crippen molar-refractivity contribution >= 4 is 41.8 Å². The zero-order chi connectivity index (χ0) is 18.8. The molecule has 1 saturated heterocycles. The molecule has 2 bridgehead atoms. The van der Waals surface area contributed by atoms with Crippen LogP contribution in [0.5, 0.6) is 0 Å². The summed E-state index contributed by atoms with van der Waals surface area (Å²) in [4.78, 5) is 30.9. The topological polar surface area (TPSA) is 87.8 Å². The van der Waals surface area contributed by atoms with Gasteiger partial charge in [0.2, 0.25) is 11.8 Å². The third kappa shape index (κ3) is 4.09. The summed E-state index contributed by atoms with van der Waals surface area (Å²) in [5.74, 6) is 0.748. The molecule has 0 spiro atoms. The molecule has 4 unspecified atom stereocenters. The van der Waals surface area contributed by atoms with Crippen molar-refractivity contribution in [1.29, 1.82) is 0 Å². The van der Waals surface area contributed by atoms with Gasteiger partial charge in [0.25, 0.3) is 0 Å². The van der Waals surface area contributed by atoms with Crippen molar-refractivity contribution in [2.75, 3.05) is 19.6 Å². The molecule has 3 N–H and O–H groups in total. The molecule has 1 aliphatic heterocycles. The van der Waals surface area contributed by atoms with E-state index in [1.165, 1.54) is 10.5 Å². The van der Waals surface area contributed by atoms with Crippen molar-refractivity contribution in [2.24, 2.45) is 34.4 Å². The van der Waals surface area contributed by atoms with Crippen molar-refractivity contribution < 1.29 is 9.59 Å². The van der Waals surface area contributed by atoms with Gasteiger partial charge in [-0.25, -0.2) is 0 Å². The summed E-state index contributed by atoms with van der Waals surface area (Å²) < 4.78 is 0. The number of amides is 2. The Morgan fingerprint density at radius 1 is 1.11 bits per heavy atom. The quantitative estimate of drug-likeness (QED) is 0.152. The highest BCUT2D eigenvalue weighted by Crippen LogP contribution is 2.52. The molecule has 4 rings (SSSR count). The third-order valence-electron chi connectivity index (χ3n) is 5.95. The summed E-state index contributed by atoms with van der Waals surface area (Å²) >= 11 is 0. The fraction of sp³-hybridized carbons (Fsp3) is 0.476. The van der Waals surface area contributed by atoms with E-state index in [0.717, 1.165) is 19.4 Å². The Balaban J connectivity index is 0.00000225. The second-order valence-electron chi connectivity index (χ2n) is 7.61. The Kier molecular flexibility index (Phi) is 6.74. The van der Waals surface area contributed by atoms with Gasteiger partial charge >= 0.3 is 0 Å². The summed E-state index contributed by atoms with van der Waals surface area (Å²) in [5, 5.41) is 3.10. The first-order valence-electron chi connectivity index (χ1n) is 9.76. The van der Waals surface area contributed by atoms with Crippen LogP contribution in [0.1, 0.15) is 18.4 Å². The first-order chi connectivity index (χ1) is 13.1. The maximum Gasteiger partial charge on any atom is 0.233 e. The number of fused-ring (bicyclic) bond motifs is 5. The highest BCUT2D eigenvalue weighted by atomic mass is 127. The summed E-state index contributed by atoms with van der Waals surface area (Å²) in [6, 6.07) is 10.2. The van der Waals surface area contributed by atoms with Crippen LogP contribution < -0.4 is 11.1 Å². The van der Waals surface area contributed by atoms with Gasteiger partial charge in [-0.1, -0.05) is 42.5 Å². The number of imide groups is 1. The zero-order valence-electron chi connectivity index (χ0n) is 15.8. The Hall–Kier alpha value is -1.90. The maximum absolute atomic E-state index is 12.6. The van der Waals surface area contributed by atoms with Gasteiger partial charge in [-0.2, -0.15) is 0 Å². The predicted octanol–water partition coefficient (Wildman–Crippen LogP) is 1.95. The van der Waals surface area contributed by atoms with E-state index in [-0.39, 0.29) is 59.5 Å². The van der Waals surface area contributed by atoms with Crippen LogP contribution in [0.15, 0.2) is 47.5 Å². The Morgan fingerprint density at radius 2 is 1.75 bits per heavy atom. The van der Waals surface area contributed by atoms with E-state index in [4.69, 9.17) is 5.73 Å². The van der Waals surface area contributed by atoms with Crippen molar-refractivity contribution in [3.05, 3.63) is 48.0 Å². The van der Waals surface area contributed by atoms with Crippen molar-refractivity contribution in [3.63, 3.8) is 0 Å². The monoisotopic (exact) mass is 494 g/mol. The van der Waals surface area contributed by atoms with Crippen LogP contribution in [-0.4, -0.2) is 42.3 Å². The van der Waals surface area contributed by atoms with Crippen LogP contribution in [0.2, 0.25) is 0 Å². The second kappa shape index (κ2) is 9.07. The molecule has 150 valence electrons. The van der Waals surface area contributed by atoms with Gasteiger partial charge in [-0.05, 0) is 36.7 Å². The molecular formula is C21H27IN4O2. The first kappa shape index (κ1) is 20.8. The molecule has 4 atom stereocenters. The van der Waals surface area contributed by atoms with E-state index < -0.39 is 0 Å². The smallest absolute Gasteiger partial charge is 0.233 e. The van der Waals surface area contributed by atoms with Gasteiger partial charge in [0, 0.05) is 19.6 Å². The number of halogens is 1. The molecule has 28 heavy (non-hydrogen) atoms. The molecular weight excluding hydrogens is 467 g/mol. The number of nitrogens with zero attached hydrogens (tertiary/aromatic N) is 2. The van der Waals surface area contributed by atoms with Crippen molar-refractivity contribution in [2.45, 2.75) is 19.3 Å². The minimum atomic E-state index is -0.110. The fourth-order valence-electron chi connectivity index (χ4n) is 4.65. The molecule has 1 saturated carbocycles. The van der Waals surface area contributed by atoms with Gasteiger partial charge in [-0.15, -0.1) is 24.0 Å². The second-order valence-corrected chi connectivity index (χ2v) is 7.61. The molecule has 0 radical (unpaired) electrons. The van der Waals surface area contributed by atoms with E-state index in [2.05, 4.69) is 34.6 Å². The number of likely N-dealkylation sites (tertiary alicyclic amines) is 1. The maximum atomic E-state index is 12.6. The number of aliphatic imine (C=N–C) groups is 1. The molecule has 1 aromatic rings. The third-order valence-corrected chi connectivity index (χ3v) is 5.95. The van der Waals surface area contributed by atoms with Gasteiger partial charge in [0.15, 0.2) is 5.96 Å². The predicted molar refractivity (Wildman–Crippen MR) is 119 cm³/mol. The van der Waals surface area contributed by atoms with E-state index in [9.17, 15) is 9.59 Å². The minimum absolute atomic E-state index is 0. The highest BCUT2D eigenvalue weighted by Gasteiger charge is 2.58. The minimum Gasteiger partial charge on any atom is -0.370 e. The number of rotatable bonds is 7. The van der Waals surface area contributed by atoms with Crippen LogP contribution in [0.4, 0.5) is 0 Å². The molecule has 1 aromatic carbocycles. The molecule has 2 fully saturated rings. The number of hydrogen-bond acceptors (Lipinski definition) is 3. The lowest BCUT2D eigenvalue weighted by Crippen LogP contribution is -2.35. The lowest BCUT2D eigenvalue weighted by atomic mass is 9.85. The van der Waals surface area contributed by atoms with Crippen LogP contribution in [0.3, 0.4) is 0 Å². The van der Waals surface area contributed by atoms with E-state index >= 15 is 0 Å². The molecule has 7 heteroatoms. The summed E-state index contributed by atoms with van der Waals surface area (Å²) in [7, 11) is 0. The van der Waals surface area contributed by atoms with Crippen LogP contribution in [0, 0.1) is 23.7 Å².